The zero-order chi connectivity index (χ0) is 21.5. The smallest absolute Gasteiger partial charge is 0.411 e. The molecule has 3 rings (SSSR count). The fourth-order valence-electron chi connectivity index (χ4n) is 3.52. The Labute approximate surface area is 178 Å². The molecule has 0 aromatic heterocycles. The monoisotopic (exact) mass is 410 g/mol. The maximum Gasteiger partial charge on any atom is 0.411 e. The number of nitrogens with zero attached hydrogens (tertiary/aromatic N) is 2. The van der Waals surface area contributed by atoms with Crippen LogP contribution in [0.3, 0.4) is 0 Å². The van der Waals surface area contributed by atoms with Gasteiger partial charge < -0.3 is 19.9 Å². The third-order valence-corrected chi connectivity index (χ3v) is 5.29. The van der Waals surface area contributed by atoms with Crippen LogP contribution in [0.1, 0.15) is 29.8 Å². The second-order valence-corrected chi connectivity index (χ2v) is 7.30. The number of rotatable bonds is 6. The molecule has 160 valence electrons. The molecule has 1 aliphatic rings. The average molecular weight is 411 g/mol. The highest BCUT2D eigenvalue weighted by molar-refractivity contribution is 6.05. The molecule has 1 saturated heterocycles. The minimum Gasteiger partial charge on any atom is -0.450 e. The molecule has 0 aliphatic carbocycles. The van der Waals surface area contributed by atoms with Crippen molar-refractivity contribution in [2.24, 2.45) is 0 Å². The van der Waals surface area contributed by atoms with Crippen molar-refractivity contribution < 1.29 is 14.3 Å². The molecule has 0 bridgehead atoms. The lowest BCUT2D eigenvalue weighted by Crippen LogP contribution is -2.46. The van der Waals surface area contributed by atoms with Gasteiger partial charge in [0, 0.05) is 48.8 Å². The Morgan fingerprint density at radius 2 is 1.77 bits per heavy atom. The molecule has 0 saturated carbocycles. The van der Waals surface area contributed by atoms with Crippen LogP contribution in [-0.2, 0) is 4.74 Å². The molecular weight excluding hydrogens is 380 g/mol. The summed E-state index contributed by atoms with van der Waals surface area (Å²) in [7, 11) is 0. The number of benzene rings is 2. The fourth-order valence-corrected chi connectivity index (χ4v) is 3.52. The Hall–Kier alpha value is -3.06. The Bertz CT molecular complexity index is 892. The van der Waals surface area contributed by atoms with E-state index in [1.807, 2.05) is 13.0 Å². The van der Waals surface area contributed by atoms with E-state index in [0.29, 0.717) is 11.3 Å². The lowest BCUT2D eigenvalue weighted by atomic mass is 10.1. The molecule has 0 unspecified atom stereocenters. The van der Waals surface area contributed by atoms with Crippen LogP contribution >= 0.6 is 0 Å². The van der Waals surface area contributed by atoms with Crippen molar-refractivity contribution in [2.75, 3.05) is 54.9 Å². The van der Waals surface area contributed by atoms with E-state index in [0.717, 1.165) is 44.0 Å². The molecule has 0 atom stereocenters. The predicted molar refractivity (Wildman–Crippen MR) is 121 cm³/mol. The Morgan fingerprint density at radius 3 is 2.43 bits per heavy atom. The van der Waals surface area contributed by atoms with Crippen LogP contribution in [-0.4, -0.2) is 56.2 Å². The molecule has 0 radical (unpaired) electrons. The SMILES string of the molecule is CCOC(=O)Nc1cccc(C(=O)Nc2ccc(N3CCN(CC)CC3)cc2C)c1. The summed E-state index contributed by atoms with van der Waals surface area (Å²) in [6.07, 6.45) is -0.540. The molecule has 30 heavy (non-hydrogen) atoms. The van der Waals surface area contributed by atoms with Gasteiger partial charge in [0.25, 0.3) is 5.91 Å². The first-order chi connectivity index (χ1) is 14.5. The van der Waals surface area contributed by atoms with E-state index in [9.17, 15) is 9.59 Å². The maximum atomic E-state index is 12.7. The van der Waals surface area contributed by atoms with Gasteiger partial charge in [0.15, 0.2) is 0 Å². The predicted octanol–water partition coefficient (Wildman–Crippen LogP) is 3.96. The second-order valence-electron chi connectivity index (χ2n) is 7.30. The van der Waals surface area contributed by atoms with E-state index in [4.69, 9.17) is 4.74 Å². The van der Waals surface area contributed by atoms with E-state index in [1.54, 1.807) is 31.2 Å². The van der Waals surface area contributed by atoms with Gasteiger partial charge in [-0.15, -0.1) is 0 Å². The molecule has 2 aromatic rings. The first-order valence-electron chi connectivity index (χ1n) is 10.4. The highest BCUT2D eigenvalue weighted by Gasteiger charge is 2.17. The van der Waals surface area contributed by atoms with Crippen LogP contribution in [0.4, 0.5) is 21.9 Å². The van der Waals surface area contributed by atoms with Crippen molar-refractivity contribution in [1.82, 2.24) is 4.90 Å². The molecule has 0 spiro atoms. The van der Waals surface area contributed by atoms with E-state index in [-0.39, 0.29) is 12.5 Å². The number of nitrogens with one attached hydrogen (secondary N) is 2. The molecule has 2 aromatic carbocycles. The van der Waals surface area contributed by atoms with Crippen molar-refractivity contribution in [2.45, 2.75) is 20.8 Å². The van der Waals surface area contributed by atoms with Gasteiger partial charge in [0.05, 0.1) is 6.61 Å². The quantitative estimate of drug-likeness (QED) is 0.754. The number of ether oxygens (including phenoxy) is 1. The summed E-state index contributed by atoms with van der Waals surface area (Å²) in [4.78, 5) is 29.1. The Kier molecular flexibility index (Phi) is 7.30. The number of amides is 2. The van der Waals surface area contributed by atoms with Crippen molar-refractivity contribution in [3.8, 4) is 0 Å². The summed E-state index contributed by atoms with van der Waals surface area (Å²) in [6.45, 7) is 11.5. The lowest BCUT2D eigenvalue weighted by Gasteiger charge is -2.35. The second kappa shape index (κ2) is 10.1. The number of hydrogen-bond donors (Lipinski definition) is 2. The topological polar surface area (TPSA) is 73.9 Å². The number of aryl methyl sites for hydroxylation is 1. The molecule has 7 heteroatoms. The summed E-state index contributed by atoms with van der Waals surface area (Å²) < 4.78 is 4.87. The minimum absolute atomic E-state index is 0.227. The Morgan fingerprint density at radius 1 is 1.00 bits per heavy atom. The van der Waals surface area contributed by atoms with E-state index >= 15 is 0 Å². The third-order valence-electron chi connectivity index (χ3n) is 5.29. The summed E-state index contributed by atoms with van der Waals surface area (Å²) in [6, 6.07) is 12.9. The molecule has 1 heterocycles. The van der Waals surface area contributed by atoms with Gasteiger partial charge in [0.1, 0.15) is 0 Å². The summed E-state index contributed by atoms with van der Waals surface area (Å²) in [5.74, 6) is -0.227. The van der Waals surface area contributed by atoms with Gasteiger partial charge in [-0.05, 0) is 62.4 Å². The van der Waals surface area contributed by atoms with Crippen LogP contribution < -0.4 is 15.5 Å². The van der Waals surface area contributed by atoms with Gasteiger partial charge in [0.2, 0.25) is 0 Å². The van der Waals surface area contributed by atoms with E-state index in [1.165, 1.54) is 5.69 Å². The van der Waals surface area contributed by atoms with Crippen LogP contribution in [0.2, 0.25) is 0 Å². The molecule has 1 aliphatic heterocycles. The van der Waals surface area contributed by atoms with Crippen LogP contribution in [0.5, 0.6) is 0 Å². The summed E-state index contributed by atoms with van der Waals surface area (Å²) in [5.41, 5.74) is 3.95. The first-order valence-corrected chi connectivity index (χ1v) is 10.4. The number of likely N-dealkylation sites (N-methyl/N-ethyl adjacent to an activating group) is 1. The standard InChI is InChI=1S/C23H30N4O3/c1-4-26-11-13-27(14-12-26)20-9-10-21(17(3)15-20)25-22(28)18-7-6-8-19(16-18)24-23(29)30-5-2/h6-10,15-16H,4-5,11-14H2,1-3H3,(H,24,29)(H,25,28). The van der Waals surface area contributed by atoms with Gasteiger partial charge in [-0.25, -0.2) is 4.79 Å². The van der Waals surface area contributed by atoms with Crippen LogP contribution in [0.15, 0.2) is 42.5 Å². The third kappa shape index (κ3) is 5.51. The molecule has 1 fully saturated rings. The zero-order valence-electron chi connectivity index (χ0n) is 17.9. The zero-order valence-corrected chi connectivity index (χ0v) is 17.9. The molecular formula is C23H30N4O3. The molecule has 2 amide bonds. The maximum absolute atomic E-state index is 12.7. The van der Waals surface area contributed by atoms with Gasteiger partial charge in [-0.2, -0.15) is 0 Å². The highest BCUT2D eigenvalue weighted by Crippen LogP contribution is 2.24. The minimum atomic E-state index is -0.540. The fraction of sp³-hybridized carbons (Fsp3) is 0.391. The van der Waals surface area contributed by atoms with E-state index in [2.05, 4.69) is 39.5 Å². The van der Waals surface area contributed by atoms with Crippen molar-refractivity contribution >= 4 is 29.1 Å². The largest absolute Gasteiger partial charge is 0.450 e. The van der Waals surface area contributed by atoms with E-state index < -0.39 is 6.09 Å². The normalized spacial score (nSPS) is 14.3. The average Bonchev–Trinajstić information content (AvgIpc) is 2.75. The number of anilines is 3. The number of carbonyl (C=O) groups excluding carboxylic acids is 2. The molecule has 2 N–H and O–H groups in total. The number of carbonyl (C=O) groups is 2. The van der Waals surface area contributed by atoms with Crippen LogP contribution in [0.25, 0.3) is 0 Å². The number of hydrogen-bond acceptors (Lipinski definition) is 5. The van der Waals surface area contributed by atoms with Gasteiger partial charge >= 0.3 is 6.09 Å². The number of piperazine rings is 1. The lowest BCUT2D eigenvalue weighted by molar-refractivity contribution is 0.102. The van der Waals surface area contributed by atoms with Gasteiger partial charge in [-0.3, -0.25) is 10.1 Å². The summed E-state index contributed by atoms with van der Waals surface area (Å²) >= 11 is 0. The summed E-state index contributed by atoms with van der Waals surface area (Å²) in [5, 5.41) is 5.58. The molecule has 7 nitrogen and oxygen atoms in total. The first kappa shape index (κ1) is 21.6. The van der Waals surface area contributed by atoms with Crippen molar-refractivity contribution in [1.29, 1.82) is 0 Å². The Balaban J connectivity index is 1.65. The van der Waals surface area contributed by atoms with Crippen LogP contribution in [0, 0.1) is 6.92 Å². The van der Waals surface area contributed by atoms with Crippen molar-refractivity contribution in [3.63, 3.8) is 0 Å². The van der Waals surface area contributed by atoms with Crippen molar-refractivity contribution in [3.05, 3.63) is 53.6 Å². The highest BCUT2D eigenvalue weighted by atomic mass is 16.5. The van der Waals surface area contributed by atoms with Gasteiger partial charge in [-0.1, -0.05) is 13.0 Å².